The van der Waals surface area contributed by atoms with Crippen LogP contribution in [0.2, 0.25) is 0 Å². The Balaban J connectivity index is 2.02. The number of halogens is 3. The summed E-state index contributed by atoms with van der Waals surface area (Å²) in [4.78, 5) is 11.9. The Morgan fingerprint density at radius 1 is 1.35 bits per heavy atom. The number of Topliss-reactive ketones (excluding diaryl/α,β-unsaturated/α-hetero) is 1. The average Bonchev–Trinajstić information content (AvgIpc) is 2.38. The molecule has 0 aromatic heterocycles. The van der Waals surface area contributed by atoms with E-state index in [2.05, 4.69) is 0 Å². The molecule has 2 atom stereocenters. The third-order valence-electron chi connectivity index (χ3n) is 3.36. The van der Waals surface area contributed by atoms with Gasteiger partial charge in [-0.3, -0.25) is 4.79 Å². The van der Waals surface area contributed by atoms with Crippen LogP contribution in [0, 0.1) is 0 Å². The second-order valence-electron chi connectivity index (χ2n) is 4.91. The van der Waals surface area contributed by atoms with Crippen molar-refractivity contribution in [1.82, 2.24) is 0 Å². The summed E-state index contributed by atoms with van der Waals surface area (Å²) in [7, 11) is 0. The zero-order valence-corrected chi connectivity index (χ0v) is 10.7. The minimum atomic E-state index is -4.85. The third kappa shape index (κ3) is 3.19. The summed E-state index contributed by atoms with van der Waals surface area (Å²) in [5.41, 5.74) is 0.428. The lowest BCUT2D eigenvalue weighted by molar-refractivity contribution is -0.388. The second kappa shape index (κ2) is 5.54. The highest BCUT2D eigenvalue weighted by Crippen LogP contribution is 2.40. The number of carbonyl (C=O) groups is 1. The molecule has 1 heterocycles. The van der Waals surface area contributed by atoms with Crippen LogP contribution in [0.4, 0.5) is 13.2 Å². The van der Waals surface area contributed by atoms with Crippen LogP contribution in [0.5, 0.6) is 0 Å². The van der Waals surface area contributed by atoms with Crippen LogP contribution in [-0.2, 0) is 4.74 Å². The smallest absolute Gasteiger partial charge is 0.359 e. The molecule has 3 nitrogen and oxygen atoms in total. The summed E-state index contributed by atoms with van der Waals surface area (Å²) >= 11 is 0. The van der Waals surface area contributed by atoms with Crippen molar-refractivity contribution in [2.75, 3.05) is 0 Å². The van der Waals surface area contributed by atoms with E-state index in [1.54, 1.807) is 30.3 Å². The van der Waals surface area contributed by atoms with Gasteiger partial charge in [0, 0.05) is 18.4 Å². The van der Waals surface area contributed by atoms with Crippen molar-refractivity contribution >= 4 is 5.78 Å². The fourth-order valence-corrected chi connectivity index (χ4v) is 2.26. The maximum atomic E-state index is 12.7. The molecular formula is C14H15F3O3. The van der Waals surface area contributed by atoms with Crippen molar-refractivity contribution < 1.29 is 27.8 Å². The van der Waals surface area contributed by atoms with Gasteiger partial charge in [-0.05, 0) is 12.8 Å². The highest BCUT2D eigenvalue weighted by molar-refractivity contribution is 5.96. The van der Waals surface area contributed by atoms with Crippen LogP contribution < -0.4 is 0 Å². The number of ether oxygens (including phenoxy) is 1. The van der Waals surface area contributed by atoms with Gasteiger partial charge in [0.05, 0.1) is 6.10 Å². The molecule has 6 heteroatoms. The Kier molecular flexibility index (Phi) is 4.15. The SMILES string of the molecule is O=C(C[C@@H]1CCC[C@](O)(C(F)(F)F)O1)c1ccccc1. The van der Waals surface area contributed by atoms with Crippen molar-refractivity contribution in [3.8, 4) is 0 Å². The molecule has 1 fully saturated rings. The van der Waals surface area contributed by atoms with Gasteiger partial charge in [-0.1, -0.05) is 30.3 Å². The maximum absolute atomic E-state index is 12.7. The maximum Gasteiger partial charge on any atom is 0.443 e. The normalized spacial score (nSPS) is 27.3. The zero-order chi connectivity index (χ0) is 14.8. The van der Waals surface area contributed by atoms with Crippen LogP contribution >= 0.6 is 0 Å². The van der Waals surface area contributed by atoms with Gasteiger partial charge in [-0.15, -0.1) is 0 Å². The van der Waals surface area contributed by atoms with Crippen molar-refractivity contribution in [2.45, 2.75) is 43.8 Å². The third-order valence-corrected chi connectivity index (χ3v) is 3.36. The molecule has 0 aliphatic carbocycles. The van der Waals surface area contributed by atoms with Crippen molar-refractivity contribution in [3.05, 3.63) is 35.9 Å². The van der Waals surface area contributed by atoms with E-state index in [4.69, 9.17) is 4.74 Å². The first-order valence-electron chi connectivity index (χ1n) is 6.37. The number of alkyl halides is 3. The first kappa shape index (κ1) is 15.0. The Bertz CT molecular complexity index is 472. The van der Waals surface area contributed by atoms with Gasteiger partial charge >= 0.3 is 6.18 Å². The molecule has 0 radical (unpaired) electrons. The van der Waals surface area contributed by atoms with E-state index in [0.717, 1.165) is 0 Å². The quantitative estimate of drug-likeness (QED) is 0.869. The lowest BCUT2D eigenvalue weighted by Gasteiger charge is -2.37. The molecule has 1 N–H and O–H groups in total. The van der Waals surface area contributed by atoms with E-state index in [9.17, 15) is 23.1 Å². The van der Waals surface area contributed by atoms with Crippen LogP contribution in [0.1, 0.15) is 36.0 Å². The predicted octanol–water partition coefficient (Wildman–Crippen LogP) is 3.08. The Labute approximate surface area is 114 Å². The summed E-state index contributed by atoms with van der Waals surface area (Å²) in [6.45, 7) is 0. The molecule has 2 rings (SSSR count). The van der Waals surface area contributed by atoms with Gasteiger partial charge in [-0.2, -0.15) is 13.2 Å². The van der Waals surface area contributed by atoms with Gasteiger partial charge < -0.3 is 9.84 Å². The number of hydrogen-bond acceptors (Lipinski definition) is 3. The van der Waals surface area contributed by atoms with E-state index < -0.39 is 24.5 Å². The summed E-state index contributed by atoms with van der Waals surface area (Å²) in [5, 5.41) is 9.50. The molecule has 110 valence electrons. The van der Waals surface area contributed by atoms with Crippen LogP contribution in [0.15, 0.2) is 30.3 Å². The molecule has 0 amide bonds. The zero-order valence-electron chi connectivity index (χ0n) is 10.7. The molecule has 1 aliphatic rings. The van der Waals surface area contributed by atoms with E-state index >= 15 is 0 Å². The highest BCUT2D eigenvalue weighted by atomic mass is 19.4. The second-order valence-corrected chi connectivity index (χ2v) is 4.91. The standard InChI is InChI=1S/C14H15F3O3/c15-14(16,17)13(19)8-4-7-11(20-13)9-12(18)10-5-2-1-3-6-10/h1-3,5-6,11,19H,4,7-9H2/t11-,13+/m0/s1. The number of ketones is 1. The van der Waals surface area contributed by atoms with Gasteiger partial charge in [0.1, 0.15) is 0 Å². The lowest BCUT2D eigenvalue weighted by Crippen LogP contribution is -2.52. The van der Waals surface area contributed by atoms with Crippen molar-refractivity contribution in [1.29, 1.82) is 0 Å². The van der Waals surface area contributed by atoms with Gasteiger partial charge in [0.2, 0.25) is 0 Å². The molecule has 1 aromatic rings. The fraction of sp³-hybridized carbons (Fsp3) is 0.500. The largest absolute Gasteiger partial charge is 0.443 e. The van der Waals surface area contributed by atoms with Crippen LogP contribution in [-0.4, -0.2) is 29.0 Å². The minimum Gasteiger partial charge on any atom is -0.359 e. The molecule has 0 spiro atoms. The van der Waals surface area contributed by atoms with Crippen LogP contribution in [0.25, 0.3) is 0 Å². The minimum absolute atomic E-state index is 0.164. The molecule has 0 unspecified atom stereocenters. The summed E-state index contributed by atoms with van der Waals surface area (Å²) in [6, 6.07) is 8.31. The molecule has 0 saturated carbocycles. The van der Waals surface area contributed by atoms with Gasteiger partial charge in [0.25, 0.3) is 5.79 Å². The van der Waals surface area contributed by atoms with Gasteiger partial charge in [0.15, 0.2) is 5.78 Å². The van der Waals surface area contributed by atoms with E-state index in [1.165, 1.54) is 0 Å². The van der Waals surface area contributed by atoms with Crippen molar-refractivity contribution in [2.24, 2.45) is 0 Å². The van der Waals surface area contributed by atoms with E-state index in [-0.39, 0.29) is 18.6 Å². The van der Waals surface area contributed by atoms with E-state index in [1.807, 2.05) is 0 Å². The van der Waals surface area contributed by atoms with E-state index in [0.29, 0.717) is 12.0 Å². The Hall–Kier alpha value is -1.40. The molecule has 0 bridgehead atoms. The number of carbonyl (C=O) groups excluding carboxylic acids is 1. The monoisotopic (exact) mass is 288 g/mol. The summed E-state index contributed by atoms with van der Waals surface area (Å²) < 4.78 is 42.8. The molecule has 1 saturated heterocycles. The Morgan fingerprint density at radius 2 is 2.00 bits per heavy atom. The number of benzene rings is 1. The van der Waals surface area contributed by atoms with Crippen molar-refractivity contribution in [3.63, 3.8) is 0 Å². The summed E-state index contributed by atoms with van der Waals surface area (Å²) in [5.74, 6) is -3.42. The number of rotatable bonds is 3. The Morgan fingerprint density at radius 3 is 2.60 bits per heavy atom. The lowest BCUT2D eigenvalue weighted by atomic mass is 9.96. The summed E-state index contributed by atoms with van der Waals surface area (Å²) in [6.07, 6.45) is -5.92. The molecule has 1 aliphatic heterocycles. The fourth-order valence-electron chi connectivity index (χ4n) is 2.26. The topological polar surface area (TPSA) is 46.5 Å². The highest BCUT2D eigenvalue weighted by Gasteiger charge is 2.57. The number of aliphatic hydroxyl groups is 1. The molecule has 1 aromatic carbocycles. The first-order valence-corrected chi connectivity index (χ1v) is 6.37. The molecular weight excluding hydrogens is 273 g/mol. The average molecular weight is 288 g/mol. The number of hydrogen-bond donors (Lipinski definition) is 1. The molecule has 20 heavy (non-hydrogen) atoms. The predicted molar refractivity (Wildman–Crippen MR) is 65.1 cm³/mol. The first-order chi connectivity index (χ1) is 9.32. The van der Waals surface area contributed by atoms with Crippen LogP contribution in [0.3, 0.4) is 0 Å². The van der Waals surface area contributed by atoms with Gasteiger partial charge in [-0.25, -0.2) is 0 Å².